The fourth-order valence-corrected chi connectivity index (χ4v) is 9.15. The van der Waals surface area contributed by atoms with Gasteiger partial charge in [-0.1, -0.05) is 83.8 Å². The van der Waals surface area contributed by atoms with Crippen molar-refractivity contribution in [1.29, 1.82) is 0 Å². The lowest BCUT2D eigenvalue weighted by Gasteiger charge is -2.41. The van der Waals surface area contributed by atoms with Crippen molar-refractivity contribution >= 4 is 31.4 Å². The Hall–Kier alpha value is -3.58. The Balaban J connectivity index is 1.48. The summed E-state index contributed by atoms with van der Waals surface area (Å²) in [7, 11) is -1.24. The molecule has 5 rings (SSSR count). The number of primary amides is 1. The number of carbonyl (C=O) groups excluding carboxylic acids is 2. The van der Waals surface area contributed by atoms with Crippen LogP contribution in [0.5, 0.6) is 0 Å². The van der Waals surface area contributed by atoms with E-state index in [-0.39, 0.29) is 41.3 Å². The fraction of sp³-hybridized carbons (Fsp3) is 0.649. The molecule has 0 aliphatic heterocycles. The Kier molecular flexibility index (Phi) is 12.2. The summed E-state index contributed by atoms with van der Waals surface area (Å²) < 4.78 is 25.3. The number of carbonyl (C=O) groups is 2. The standard InChI is InChI=1S/C37H57FN8O3Si/c1-7-45-34(36(40)47)27(21-41-45)32(31(25-14-10-8-11-15-25)26-16-12-9-13-17-26)37(48)43-29-20-28(39)33(35(38)42-29)30-23(2)44-46(24(30)3)22-49-18-19-50(4,5)6/h20-21,25-26,31-32H,7-19,22H2,1-6H3,(H2,40,47)(H3,39,42,43,48)/t32-/m1/s1. The summed E-state index contributed by atoms with van der Waals surface area (Å²) in [5.41, 5.74) is 15.5. The van der Waals surface area contributed by atoms with E-state index < -0.39 is 25.8 Å². The van der Waals surface area contributed by atoms with Crippen molar-refractivity contribution in [2.45, 2.75) is 130 Å². The smallest absolute Gasteiger partial charge is 0.267 e. The molecule has 5 N–H and O–H groups in total. The van der Waals surface area contributed by atoms with E-state index in [2.05, 4.69) is 40.1 Å². The Morgan fingerprint density at radius 2 is 1.64 bits per heavy atom. The molecule has 3 aromatic rings. The van der Waals surface area contributed by atoms with E-state index in [0.717, 1.165) is 63.1 Å². The molecule has 0 unspecified atom stereocenters. The lowest BCUT2D eigenvalue weighted by atomic mass is 9.63. The summed E-state index contributed by atoms with van der Waals surface area (Å²) in [6, 6.07) is 2.54. The maximum Gasteiger partial charge on any atom is 0.267 e. The minimum Gasteiger partial charge on any atom is -0.398 e. The van der Waals surface area contributed by atoms with Crippen LogP contribution in [0.15, 0.2) is 12.3 Å². The molecule has 0 radical (unpaired) electrons. The summed E-state index contributed by atoms with van der Waals surface area (Å²) in [5, 5.41) is 12.0. The van der Waals surface area contributed by atoms with Crippen LogP contribution in [-0.4, -0.2) is 51.0 Å². The zero-order chi connectivity index (χ0) is 36.2. The van der Waals surface area contributed by atoms with Crippen LogP contribution in [0.2, 0.25) is 25.7 Å². The van der Waals surface area contributed by atoms with Gasteiger partial charge in [0.25, 0.3) is 5.91 Å². The van der Waals surface area contributed by atoms with Gasteiger partial charge in [0.05, 0.1) is 23.4 Å². The van der Waals surface area contributed by atoms with E-state index in [0.29, 0.717) is 41.8 Å². The van der Waals surface area contributed by atoms with Gasteiger partial charge in [0.15, 0.2) is 0 Å². The quantitative estimate of drug-likeness (QED) is 0.0895. The normalized spacial score (nSPS) is 17.0. The third kappa shape index (κ3) is 8.47. The number of halogens is 1. The molecule has 3 aromatic heterocycles. The highest BCUT2D eigenvalue weighted by Gasteiger charge is 2.43. The van der Waals surface area contributed by atoms with Gasteiger partial charge < -0.3 is 21.5 Å². The maximum absolute atomic E-state index is 16.1. The molecule has 13 heteroatoms. The number of nitrogens with one attached hydrogen (secondary N) is 1. The second kappa shape index (κ2) is 16.2. The third-order valence-corrected chi connectivity index (χ3v) is 12.6. The van der Waals surface area contributed by atoms with Gasteiger partial charge in [0.1, 0.15) is 18.2 Å². The second-order valence-corrected chi connectivity index (χ2v) is 21.2. The first-order valence-corrected chi connectivity index (χ1v) is 22.3. The zero-order valence-electron chi connectivity index (χ0n) is 30.9. The van der Waals surface area contributed by atoms with Gasteiger partial charge in [-0.25, -0.2) is 9.67 Å². The van der Waals surface area contributed by atoms with E-state index in [1.807, 2.05) is 20.8 Å². The highest BCUT2D eigenvalue weighted by molar-refractivity contribution is 6.76. The molecule has 2 saturated carbocycles. The molecule has 0 spiro atoms. The number of nitrogens with zero attached hydrogens (tertiary/aromatic N) is 5. The Morgan fingerprint density at radius 3 is 2.18 bits per heavy atom. The van der Waals surface area contributed by atoms with Crippen LogP contribution in [-0.2, 0) is 22.8 Å². The van der Waals surface area contributed by atoms with Crippen molar-refractivity contribution in [2.24, 2.45) is 23.5 Å². The average Bonchev–Trinajstić information content (AvgIpc) is 3.62. The molecular weight excluding hydrogens is 652 g/mol. The lowest BCUT2D eigenvalue weighted by Crippen LogP contribution is -2.39. The van der Waals surface area contributed by atoms with Crippen molar-refractivity contribution in [2.75, 3.05) is 17.7 Å². The molecule has 0 aromatic carbocycles. The van der Waals surface area contributed by atoms with E-state index in [1.165, 1.54) is 18.9 Å². The lowest BCUT2D eigenvalue weighted by molar-refractivity contribution is -0.120. The van der Waals surface area contributed by atoms with Crippen LogP contribution in [0.3, 0.4) is 0 Å². The molecule has 0 bridgehead atoms. The maximum atomic E-state index is 16.1. The average molecular weight is 709 g/mol. The first-order valence-electron chi connectivity index (χ1n) is 18.5. The highest BCUT2D eigenvalue weighted by atomic mass is 28.3. The molecule has 274 valence electrons. The summed E-state index contributed by atoms with van der Waals surface area (Å²) in [6.45, 7) is 13.8. The van der Waals surface area contributed by atoms with Crippen LogP contribution < -0.4 is 16.8 Å². The minimum atomic E-state index is -1.24. The molecule has 3 heterocycles. The van der Waals surface area contributed by atoms with E-state index >= 15 is 4.39 Å². The number of anilines is 2. The predicted octanol–water partition coefficient (Wildman–Crippen LogP) is 7.41. The van der Waals surface area contributed by atoms with Crippen LogP contribution in [0.4, 0.5) is 15.9 Å². The second-order valence-electron chi connectivity index (χ2n) is 15.6. The van der Waals surface area contributed by atoms with Gasteiger partial charge in [-0.3, -0.25) is 14.3 Å². The first kappa shape index (κ1) is 37.7. The Labute approximate surface area is 297 Å². The number of rotatable bonds is 14. The molecule has 2 aliphatic carbocycles. The number of aryl methyl sites for hydroxylation is 2. The van der Waals surface area contributed by atoms with Crippen molar-refractivity contribution in [3.63, 3.8) is 0 Å². The van der Waals surface area contributed by atoms with Gasteiger partial charge in [0, 0.05) is 49.8 Å². The fourth-order valence-electron chi connectivity index (χ4n) is 8.39. The number of nitrogens with two attached hydrogens (primary N) is 2. The summed E-state index contributed by atoms with van der Waals surface area (Å²) in [4.78, 5) is 31.8. The number of hydrogen-bond donors (Lipinski definition) is 3. The van der Waals surface area contributed by atoms with Gasteiger partial charge in [0.2, 0.25) is 11.9 Å². The van der Waals surface area contributed by atoms with Crippen molar-refractivity contribution in [1.82, 2.24) is 24.5 Å². The molecule has 2 fully saturated rings. The number of ether oxygens (including phenoxy) is 1. The molecule has 50 heavy (non-hydrogen) atoms. The number of amides is 2. The summed E-state index contributed by atoms with van der Waals surface area (Å²) in [6.07, 6.45) is 12.6. The van der Waals surface area contributed by atoms with Crippen molar-refractivity contribution in [3.05, 3.63) is 40.9 Å². The molecular formula is C37H57FN8O3Si. The monoisotopic (exact) mass is 708 g/mol. The molecule has 2 amide bonds. The number of pyridine rings is 1. The van der Waals surface area contributed by atoms with Crippen molar-refractivity contribution < 1.29 is 18.7 Å². The number of aromatic nitrogens is 5. The molecule has 0 saturated heterocycles. The highest BCUT2D eigenvalue weighted by Crippen LogP contribution is 2.48. The molecule has 2 aliphatic rings. The summed E-state index contributed by atoms with van der Waals surface area (Å²) in [5.74, 6) is -1.85. The first-order chi connectivity index (χ1) is 23.8. The minimum absolute atomic E-state index is 0.0191. The molecule has 1 atom stereocenters. The number of hydrogen-bond acceptors (Lipinski definition) is 7. The van der Waals surface area contributed by atoms with Crippen LogP contribution in [0.25, 0.3) is 11.1 Å². The topological polar surface area (TPSA) is 156 Å². The van der Waals surface area contributed by atoms with Crippen LogP contribution in [0.1, 0.15) is 104 Å². The third-order valence-electron chi connectivity index (χ3n) is 10.9. The molecule has 11 nitrogen and oxygen atoms in total. The predicted molar refractivity (Wildman–Crippen MR) is 198 cm³/mol. The van der Waals surface area contributed by atoms with E-state index in [9.17, 15) is 9.59 Å². The largest absolute Gasteiger partial charge is 0.398 e. The van der Waals surface area contributed by atoms with Gasteiger partial charge in [-0.2, -0.15) is 14.6 Å². The SMILES string of the molecule is CCn1ncc([C@@H](C(=O)Nc2cc(N)c(-c3c(C)nn(COCC[Si](C)(C)C)c3C)c(F)n2)C(C2CCCCC2)C2CCCCC2)c1C(N)=O. The zero-order valence-corrected chi connectivity index (χ0v) is 31.9. The van der Waals surface area contributed by atoms with Crippen LogP contribution >= 0.6 is 0 Å². The van der Waals surface area contributed by atoms with E-state index in [4.69, 9.17) is 16.2 Å². The number of nitrogen functional groups attached to an aromatic ring is 1. The van der Waals surface area contributed by atoms with Gasteiger partial charge in [-0.15, -0.1) is 0 Å². The van der Waals surface area contributed by atoms with E-state index in [1.54, 1.807) is 15.6 Å². The van der Waals surface area contributed by atoms with Gasteiger partial charge >= 0.3 is 0 Å². The van der Waals surface area contributed by atoms with Crippen LogP contribution in [0, 0.1) is 37.5 Å². The summed E-state index contributed by atoms with van der Waals surface area (Å²) >= 11 is 0. The Bertz CT molecular complexity index is 1610. The van der Waals surface area contributed by atoms with Crippen molar-refractivity contribution in [3.8, 4) is 11.1 Å². The Morgan fingerprint density at radius 1 is 1.02 bits per heavy atom. The van der Waals surface area contributed by atoms with Gasteiger partial charge in [-0.05, 0) is 44.6 Å².